The maximum Gasteiger partial charge on any atom is 0.435 e. The molecule has 13 heteroatoms. The molecule has 2 N–H and O–H groups in total. The number of carbonyl (C=O) groups is 2. The number of rotatable bonds is 9. The lowest BCUT2D eigenvalue weighted by Crippen LogP contribution is -2.34. The van der Waals surface area contributed by atoms with Crippen molar-refractivity contribution >= 4 is 17.6 Å². The first kappa shape index (κ1) is 29.8. The average molecular weight is 582 g/mol. The Balaban J connectivity index is 1.56. The van der Waals surface area contributed by atoms with Crippen LogP contribution in [0.3, 0.4) is 0 Å². The van der Waals surface area contributed by atoms with Crippen LogP contribution in [-0.2, 0) is 28.7 Å². The zero-order valence-electron chi connectivity index (χ0n) is 21.6. The molecule has 1 heterocycles. The van der Waals surface area contributed by atoms with E-state index in [0.717, 1.165) is 13.0 Å². The summed E-state index contributed by atoms with van der Waals surface area (Å²) < 4.78 is 80.9. The van der Waals surface area contributed by atoms with Crippen LogP contribution in [0.1, 0.15) is 48.1 Å². The van der Waals surface area contributed by atoms with Gasteiger partial charge in [-0.1, -0.05) is 43.3 Å². The first-order valence-electron chi connectivity index (χ1n) is 12.5. The fourth-order valence-electron chi connectivity index (χ4n) is 4.56. The third-order valence-corrected chi connectivity index (χ3v) is 7.17. The molecule has 2 unspecified atom stereocenters. The molecule has 2 atom stereocenters. The predicted octanol–water partition coefficient (Wildman–Crippen LogP) is 5.64. The van der Waals surface area contributed by atoms with Gasteiger partial charge >= 0.3 is 18.3 Å². The quantitative estimate of drug-likeness (QED) is 0.319. The molecule has 1 saturated carbocycles. The molecule has 7 nitrogen and oxygen atoms in total. The number of anilines is 1. The lowest BCUT2D eigenvalue weighted by atomic mass is 9.85. The number of halogens is 6. The molecule has 0 radical (unpaired) electrons. The maximum atomic E-state index is 13.8. The van der Waals surface area contributed by atoms with Crippen LogP contribution in [-0.4, -0.2) is 32.9 Å². The fourth-order valence-corrected chi connectivity index (χ4v) is 4.56. The Morgan fingerprint density at radius 1 is 1.00 bits per heavy atom. The first-order chi connectivity index (χ1) is 19.1. The lowest BCUT2D eigenvalue weighted by molar-refractivity contribution is -0.178. The highest BCUT2D eigenvalue weighted by atomic mass is 19.4. The number of carboxylic acids is 1. The number of carbonyl (C=O) groups excluding carboxylic acids is 1. The summed E-state index contributed by atoms with van der Waals surface area (Å²) in [4.78, 5) is 36.7. The van der Waals surface area contributed by atoms with Crippen LogP contribution in [0.4, 0.5) is 32.0 Å². The van der Waals surface area contributed by atoms with E-state index in [1.165, 1.54) is 36.4 Å². The highest BCUT2D eigenvalue weighted by Crippen LogP contribution is 2.48. The van der Waals surface area contributed by atoms with Gasteiger partial charge in [0.1, 0.15) is 0 Å². The highest BCUT2D eigenvalue weighted by molar-refractivity contribution is 5.96. The van der Waals surface area contributed by atoms with E-state index in [9.17, 15) is 45.8 Å². The average Bonchev–Trinajstić information content (AvgIpc) is 3.66. The molecule has 0 spiro atoms. The van der Waals surface area contributed by atoms with Gasteiger partial charge in [0.2, 0.25) is 5.91 Å². The molecular formula is C28H25F6N3O4. The third-order valence-electron chi connectivity index (χ3n) is 7.17. The number of nitrogens with zero attached hydrogens (tertiary/aromatic N) is 2. The first-order valence-corrected chi connectivity index (χ1v) is 12.5. The molecular weight excluding hydrogens is 556 g/mol. The molecule has 218 valence electrons. The van der Waals surface area contributed by atoms with Crippen molar-refractivity contribution in [3.63, 3.8) is 0 Å². The van der Waals surface area contributed by atoms with Crippen LogP contribution in [0.2, 0.25) is 0 Å². The predicted molar refractivity (Wildman–Crippen MR) is 135 cm³/mol. The summed E-state index contributed by atoms with van der Waals surface area (Å²) in [7, 11) is 0. The topological polar surface area (TPSA) is 101 Å². The Labute approximate surface area is 229 Å². The number of nitrogens with one attached hydrogen (secondary N) is 1. The number of alkyl halides is 6. The molecule has 0 saturated heterocycles. The summed E-state index contributed by atoms with van der Waals surface area (Å²) in [5.41, 5.74) is -1.84. The number of amides is 1. The summed E-state index contributed by atoms with van der Waals surface area (Å²) in [5.74, 6) is -5.67. The molecule has 1 amide bonds. The van der Waals surface area contributed by atoms with E-state index in [4.69, 9.17) is 0 Å². The number of benzene rings is 2. The van der Waals surface area contributed by atoms with Crippen LogP contribution < -0.4 is 10.9 Å². The van der Waals surface area contributed by atoms with Gasteiger partial charge in [-0.3, -0.25) is 14.4 Å². The van der Waals surface area contributed by atoms with E-state index in [1.807, 2.05) is 0 Å². The van der Waals surface area contributed by atoms with Crippen LogP contribution in [0.15, 0.2) is 65.5 Å². The van der Waals surface area contributed by atoms with Crippen molar-refractivity contribution in [3.8, 4) is 0 Å². The van der Waals surface area contributed by atoms with Crippen molar-refractivity contribution in [3.05, 3.63) is 93.4 Å². The smallest absolute Gasteiger partial charge is 0.435 e. The van der Waals surface area contributed by atoms with Gasteiger partial charge in [-0.2, -0.15) is 31.4 Å². The van der Waals surface area contributed by atoms with Gasteiger partial charge in [0.05, 0.1) is 23.8 Å². The number of aliphatic carboxylic acids is 1. The Morgan fingerprint density at radius 2 is 1.66 bits per heavy atom. The molecule has 1 aromatic heterocycles. The van der Waals surface area contributed by atoms with Gasteiger partial charge in [0.25, 0.3) is 5.56 Å². The van der Waals surface area contributed by atoms with E-state index in [1.54, 1.807) is 12.1 Å². The van der Waals surface area contributed by atoms with E-state index in [-0.39, 0.29) is 29.8 Å². The van der Waals surface area contributed by atoms with Crippen LogP contribution in [0.25, 0.3) is 0 Å². The number of aromatic nitrogens is 2. The van der Waals surface area contributed by atoms with Gasteiger partial charge < -0.3 is 10.4 Å². The zero-order chi connectivity index (χ0) is 30.2. The molecule has 3 aromatic rings. The maximum absolute atomic E-state index is 13.8. The van der Waals surface area contributed by atoms with Crippen LogP contribution >= 0.6 is 0 Å². The largest absolute Gasteiger partial charge is 0.481 e. The van der Waals surface area contributed by atoms with Crippen LogP contribution in [0.5, 0.6) is 0 Å². The Bertz CT molecular complexity index is 1490. The van der Waals surface area contributed by atoms with Crippen molar-refractivity contribution in [1.29, 1.82) is 0 Å². The molecule has 1 fully saturated rings. The highest BCUT2D eigenvalue weighted by Gasteiger charge is 2.50. The lowest BCUT2D eigenvalue weighted by Gasteiger charge is -2.26. The van der Waals surface area contributed by atoms with Crippen LogP contribution in [0, 0.1) is 11.3 Å². The summed E-state index contributed by atoms with van der Waals surface area (Å²) in [6, 6.07) is 12.7. The van der Waals surface area contributed by atoms with E-state index < -0.39 is 52.7 Å². The molecule has 41 heavy (non-hydrogen) atoms. The normalized spacial score (nSPS) is 16.1. The number of hydrogen-bond donors (Lipinski definition) is 2. The zero-order valence-corrected chi connectivity index (χ0v) is 21.6. The van der Waals surface area contributed by atoms with E-state index >= 15 is 0 Å². The second kappa shape index (κ2) is 11.0. The minimum absolute atomic E-state index is 0.000566. The summed E-state index contributed by atoms with van der Waals surface area (Å²) >= 11 is 0. The van der Waals surface area contributed by atoms with Gasteiger partial charge in [0, 0.05) is 11.8 Å². The van der Waals surface area contributed by atoms with Gasteiger partial charge in [0.15, 0.2) is 5.69 Å². The second-order valence-corrected chi connectivity index (χ2v) is 10.2. The van der Waals surface area contributed by atoms with Gasteiger partial charge in [-0.25, -0.2) is 4.68 Å². The standard InChI is InChI=1S/C28H25F6N3O4/c1-16(27(29,30)31)23(24(39)35-20-4-2-3-18(13-20)14-26(11-12-26)25(40)41)19-7-5-17(6-8-19)15-37-22(38)10-9-21(36-37)28(32,33)34/h2-10,13,16,23H,11-12,14-15H2,1H3,(H,35,39)(H,40,41). The van der Waals surface area contributed by atoms with E-state index in [2.05, 4.69) is 10.4 Å². The molecule has 2 aromatic carbocycles. The van der Waals surface area contributed by atoms with Crippen molar-refractivity contribution in [2.24, 2.45) is 11.3 Å². The molecule has 0 aliphatic heterocycles. The molecule has 0 bridgehead atoms. The summed E-state index contributed by atoms with van der Waals surface area (Å²) in [5, 5.41) is 15.2. The van der Waals surface area contributed by atoms with Crippen molar-refractivity contribution in [2.75, 3.05) is 5.32 Å². The number of hydrogen-bond acceptors (Lipinski definition) is 4. The van der Waals surface area contributed by atoms with E-state index in [0.29, 0.717) is 29.2 Å². The molecule has 1 aliphatic carbocycles. The van der Waals surface area contributed by atoms with Crippen molar-refractivity contribution < 1.29 is 41.0 Å². The minimum Gasteiger partial charge on any atom is -0.481 e. The molecule has 4 rings (SSSR count). The Morgan fingerprint density at radius 3 is 2.22 bits per heavy atom. The SMILES string of the molecule is CC(C(C(=O)Nc1cccc(CC2(C(=O)O)CC2)c1)c1ccc(Cn2nc(C(F)(F)F)ccc2=O)cc1)C(F)(F)F. The summed E-state index contributed by atoms with van der Waals surface area (Å²) in [6.45, 7) is 0.490. The Kier molecular flexibility index (Phi) is 8.01. The number of carboxylic acid groups (broad SMARTS) is 1. The van der Waals surface area contributed by atoms with Crippen molar-refractivity contribution in [1.82, 2.24) is 9.78 Å². The van der Waals surface area contributed by atoms with Gasteiger partial charge in [-0.05, 0) is 54.2 Å². The Hall–Kier alpha value is -4.16. The fraction of sp³-hybridized carbons (Fsp3) is 0.357. The monoisotopic (exact) mass is 581 g/mol. The minimum atomic E-state index is -4.78. The summed E-state index contributed by atoms with van der Waals surface area (Å²) in [6.07, 6.45) is -8.27. The van der Waals surface area contributed by atoms with Crippen molar-refractivity contribution in [2.45, 2.75) is 51.0 Å². The third kappa shape index (κ3) is 6.95. The second-order valence-electron chi connectivity index (χ2n) is 10.2. The van der Waals surface area contributed by atoms with Gasteiger partial charge in [-0.15, -0.1) is 0 Å². The molecule has 1 aliphatic rings.